The predicted octanol–water partition coefficient (Wildman–Crippen LogP) is 2.74. The first-order valence-electron chi connectivity index (χ1n) is 7.28. The molecule has 0 aliphatic carbocycles. The fraction of sp³-hybridized carbons (Fsp3) is 0.333. The molecule has 2 N–H and O–H groups in total. The number of hydrogen-bond donors (Lipinski definition) is 2. The first-order valence-corrected chi connectivity index (χ1v) is 7.28. The van der Waals surface area contributed by atoms with Gasteiger partial charge in [0.2, 0.25) is 5.82 Å². The summed E-state index contributed by atoms with van der Waals surface area (Å²) < 4.78 is 41.4. The number of hydrogen-bond acceptors (Lipinski definition) is 5. The normalized spacial score (nSPS) is 11.3. The van der Waals surface area contributed by atoms with Gasteiger partial charge >= 0.3 is 18.0 Å². The monoisotopic (exact) mass is 357 g/mol. The molecule has 0 fully saturated rings. The second-order valence-electron chi connectivity index (χ2n) is 5.10. The molecule has 0 atom stereocenters. The number of halogens is 3. The zero-order chi connectivity index (χ0) is 18.4. The number of amides is 1. The Bertz CT molecular complexity index is 741. The van der Waals surface area contributed by atoms with Crippen LogP contribution in [0.25, 0.3) is 11.4 Å². The molecule has 0 aliphatic heterocycles. The zero-order valence-corrected chi connectivity index (χ0v) is 12.8. The third-order valence-electron chi connectivity index (χ3n) is 3.18. The molecule has 0 bridgehead atoms. The molecule has 25 heavy (non-hydrogen) atoms. The summed E-state index contributed by atoms with van der Waals surface area (Å²) in [5, 5.41) is 14.4. The zero-order valence-electron chi connectivity index (χ0n) is 12.8. The van der Waals surface area contributed by atoms with E-state index in [1.54, 1.807) is 0 Å². The molecule has 134 valence electrons. The minimum absolute atomic E-state index is 0.0369. The van der Waals surface area contributed by atoms with Gasteiger partial charge in [-0.2, -0.15) is 18.2 Å². The lowest BCUT2D eigenvalue weighted by atomic mass is 10.1. The Morgan fingerprint density at radius 2 is 1.84 bits per heavy atom. The number of nitrogens with one attached hydrogen (secondary N) is 1. The summed E-state index contributed by atoms with van der Waals surface area (Å²) >= 11 is 0. The fourth-order valence-electron chi connectivity index (χ4n) is 1.93. The lowest BCUT2D eigenvalue weighted by Gasteiger charge is -2.05. The first kappa shape index (κ1) is 18.4. The van der Waals surface area contributed by atoms with E-state index in [-0.39, 0.29) is 23.7 Å². The second-order valence-corrected chi connectivity index (χ2v) is 5.10. The molecule has 10 heteroatoms. The quantitative estimate of drug-likeness (QED) is 0.738. The average Bonchev–Trinajstić information content (AvgIpc) is 3.04. The number of carbonyl (C=O) groups is 2. The Morgan fingerprint density at radius 1 is 1.16 bits per heavy atom. The maximum Gasteiger partial charge on any atom is 0.471 e. The van der Waals surface area contributed by atoms with Crippen LogP contribution in [0.15, 0.2) is 28.8 Å². The van der Waals surface area contributed by atoms with Gasteiger partial charge in [-0.15, -0.1) is 0 Å². The Balaban J connectivity index is 1.92. The molecule has 1 aromatic heterocycles. The van der Waals surface area contributed by atoms with Gasteiger partial charge in [-0.25, -0.2) is 0 Å². The molecule has 0 saturated heterocycles. The van der Waals surface area contributed by atoms with Crippen molar-refractivity contribution in [3.8, 4) is 11.4 Å². The van der Waals surface area contributed by atoms with Crippen LogP contribution in [0.4, 0.5) is 13.2 Å². The molecule has 0 unspecified atom stereocenters. The predicted molar refractivity (Wildman–Crippen MR) is 78.6 cm³/mol. The van der Waals surface area contributed by atoms with E-state index in [0.29, 0.717) is 24.9 Å². The number of carboxylic acids is 1. The number of carbonyl (C=O) groups excluding carboxylic acids is 1. The van der Waals surface area contributed by atoms with Gasteiger partial charge in [-0.05, 0) is 25.0 Å². The average molecular weight is 357 g/mol. The standard InChI is InChI=1S/C15H14F3N3O4/c16-15(17,18)14-20-12(21-25-14)9-4-6-10(7-5-9)13(24)19-8-2-1-3-11(22)23/h4-7H,1-3,8H2,(H,19,24)(H,22,23). The summed E-state index contributed by atoms with van der Waals surface area (Å²) in [5.41, 5.74) is 0.582. The van der Waals surface area contributed by atoms with E-state index in [2.05, 4.69) is 20.0 Å². The number of benzene rings is 1. The summed E-state index contributed by atoms with van der Waals surface area (Å²) in [6.45, 7) is 0.327. The van der Waals surface area contributed by atoms with Crippen molar-refractivity contribution in [3.05, 3.63) is 35.7 Å². The molecule has 2 aromatic rings. The SMILES string of the molecule is O=C(O)CCCCNC(=O)c1ccc(-c2noc(C(F)(F)F)n2)cc1. The lowest BCUT2D eigenvalue weighted by Crippen LogP contribution is -2.24. The highest BCUT2D eigenvalue weighted by molar-refractivity contribution is 5.94. The van der Waals surface area contributed by atoms with Gasteiger partial charge in [0.15, 0.2) is 0 Å². The number of carboxylic acid groups (broad SMARTS) is 1. The molecule has 1 heterocycles. The van der Waals surface area contributed by atoms with Crippen LogP contribution in [-0.4, -0.2) is 33.7 Å². The van der Waals surface area contributed by atoms with Crippen molar-refractivity contribution in [2.45, 2.75) is 25.4 Å². The Morgan fingerprint density at radius 3 is 2.40 bits per heavy atom. The molecule has 1 amide bonds. The highest BCUT2D eigenvalue weighted by Crippen LogP contribution is 2.29. The van der Waals surface area contributed by atoms with Gasteiger partial charge in [0.25, 0.3) is 5.91 Å². The van der Waals surface area contributed by atoms with Crippen LogP contribution in [0.1, 0.15) is 35.5 Å². The van der Waals surface area contributed by atoms with Crippen LogP contribution in [0.3, 0.4) is 0 Å². The van der Waals surface area contributed by atoms with E-state index >= 15 is 0 Å². The van der Waals surface area contributed by atoms with Gasteiger partial charge in [0.05, 0.1) is 0 Å². The van der Waals surface area contributed by atoms with E-state index in [0.717, 1.165) is 0 Å². The van der Waals surface area contributed by atoms with E-state index in [1.165, 1.54) is 24.3 Å². The van der Waals surface area contributed by atoms with Crippen molar-refractivity contribution >= 4 is 11.9 Å². The molecule has 0 saturated carbocycles. The van der Waals surface area contributed by atoms with Crippen molar-refractivity contribution in [2.24, 2.45) is 0 Å². The molecular weight excluding hydrogens is 343 g/mol. The molecule has 0 aliphatic rings. The maximum atomic E-state index is 12.4. The topological polar surface area (TPSA) is 105 Å². The van der Waals surface area contributed by atoms with Gasteiger partial charge in [0, 0.05) is 24.1 Å². The maximum absolute atomic E-state index is 12.4. The van der Waals surface area contributed by atoms with E-state index in [4.69, 9.17) is 5.11 Å². The van der Waals surface area contributed by atoms with Gasteiger partial charge in [0.1, 0.15) is 0 Å². The summed E-state index contributed by atoms with van der Waals surface area (Å²) in [7, 11) is 0. The summed E-state index contributed by atoms with van der Waals surface area (Å²) in [6, 6.07) is 5.66. The number of alkyl halides is 3. The summed E-state index contributed by atoms with van der Waals surface area (Å²) in [6.07, 6.45) is -3.70. The third kappa shape index (κ3) is 5.30. The number of aliphatic carboxylic acids is 1. The van der Waals surface area contributed by atoms with Crippen molar-refractivity contribution in [2.75, 3.05) is 6.54 Å². The number of nitrogens with zero attached hydrogens (tertiary/aromatic N) is 2. The summed E-state index contributed by atoms with van der Waals surface area (Å²) in [5.74, 6) is -2.93. The fourth-order valence-corrected chi connectivity index (χ4v) is 1.93. The first-order chi connectivity index (χ1) is 11.8. The minimum atomic E-state index is -4.72. The van der Waals surface area contributed by atoms with Crippen LogP contribution in [0.2, 0.25) is 0 Å². The van der Waals surface area contributed by atoms with Crippen molar-refractivity contribution < 1.29 is 32.4 Å². The smallest absolute Gasteiger partial charge is 0.471 e. The van der Waals surface area contributed by atoms with Crippen LogP contribution in [-0.2, 0) is 11.0 Å². The van der Waals surface area contributed by atoms with Gasteiger partial charge < -0.3 is 14.9 Å². The number of rotatable bonds is 7. The van der Waals surface area contributed by atoms with Crippen molar-refractivity contribution in [3.63, 3.8) is 0 Å². The van der Waals surface area contributed by atoms with Crippen molar-refractivity contribution in [1.29, 1.82) is 0 Å². The largest absolute Gasteiger partial charge is 0.481 e. The van der Waals surface area contributed by atoms with Gasteiger partial charge in [-0.1, -0.05) is 17.3 Å². The van der Waals surface area contributed by atoms with Crippen LogP contribution in [0, 0.1) is 0 Å². The Hall–Kier alpha value is -2.91. The Labute approximate surface area is 139 Å². The molecule has 7 nitrogen and oxygen atoms in total. The molecule has 1 aromatic carbocycles. The van der Waals surface area contributed by atoms with E-state index in [1.807, 2.05) is 0 Å². The minimum Gasteiger partial charge on any atom is -0.481 e. The number of aromatic nitrogens is 2. The second kappa shape index (κ2) is 7.77. The molecular formula is C15H14F3N3O4. The van der Waals surface area contributed by atoms with E-state index in [9.17, 15) is 22.8 Å². The molecule has 0 spiro atoms. The summed E-state index contributed by atoms with van der Waals surface area (Å²) in [4.78, 5) is 25.5. The van der Waals surface area contributed by atoms with Crippen molar-refractivity contribution in [1.82, 2.24) is 15.5 Å². The van der Waals surface area contributed by atoms with Gasteiger partial charge in [-0.3, -0.25) is 9.59 Å². The van der Waals surface area contributed by atoms with Crippen LogP contribution >= 0.6 is 0 Å². The third-order valence-corrected chi connectivity index (χ3v) is 3.18. The molecule has 0 radical (unpaired) electrons. The van der Waals surface area contributed by atoms with Crippen LogP contribution < -0.4 is 5.32 Å². The van der Waals surface area contributed by atoms with Crippen LogP contribution in [0.5, 0.6) is 0 Å². The lowest BCUT2D eigenvalue weighted by molar-refractivity contribution is -0.159. The highest BCUT2D eigenvalue weighted by atomic mass is 19.4. The number of unbranched alkanes of at least 4 members (excludes halogenated alkanes) is 1. The van der Waals surface area contributed by atoms with E-state index < -0.39 is 18.0 Å². The molecule has 2 rings (SSSR count). The highest BCUT2D eigenvalue weighted by Gasteiger charge is 2.38. The Kier molecular flexibility index (Phi) is 5.73.